The molecule has 2 aromatic rings. The first-order chi connectivity index (χ1) is 9.98. The van der Waals surface area contributed by atoms with Gasteiger partial charge in [0.2, 0.25) is 10.0 Å². The van der Waals surface area contributed by atoms with Crippen molar-refractivity contribution in [3.8, 4) is 0 Å². The number of furan rings is 1. The lowest BCUT2D eigenvalue weighted by molar-refractivity contribution is 0.356. The molecule has 1 aromatic heterocycles. The lowest BCUT2D eigenvalue weighted by atomic mass is 10.3. The van der Waals surface area contributed by atoms with E-state index < -0.39 is 10.0 Å². The van der Waals surface area contributed by atoms with Crippen LogP contribution in [0, 0.1) is 0 Å². The molecule has 5 nitrogen and oxygen atoms in total. The molecular formula is C14H15ClN2O3S. The summed E-state index contributed by atoms with van der Waals surface area (Å²) in [6, 6.07) is 7.97. The second kappa shape index (κ2) is 5.36. The molecule has 1 aromatic carbocycles. The van der Waals surface area contributed by atoms with Gasteiger partial charge in [-0.05, 0) is 43.2 Å². The van der Waals surface area contributed by atoms with Crippen LogP contribution in [0.25, 0.3) is 0 Å². The van der Waals surface area contributed by atoms with Crippen LogP contribution in [0.4, 0.5) is 5.69 Å². The van der Waals surface area contributed by atoms with Crippen molar-refractivity contribution in [2.24, 2.45) is 0 Å². The number of hydrogen-bond donors (Lipinski definition) is 1. The van der Waals surface area contributed by atoms with Crippen LogP contribution in [0.1, 0.15) is 18.6 Å². The number of nitrogen functional groups attached to an aromatic ring is 1. The highest BCUT2D eigenvalue weighted by Crippen LogP contribution is 2.36. The Morgan fingerprint density at radius 2 is 2.10 bits per heavy atom. The third-order valence-electron chi connectivity index (χ3n) is 3.39. The smallest absolute Gasteiger partial charge is 0.245 e. The van der Waals surface area contributed by atoms with Gasteiger partial charge < -0.3 is 10.2 Å². The molecule has 1 fully saturated rings. The van der Waals surface area contributed by atoms with Crippen molar-refractivity contribution >= 4 is 27.3 Å². The number of sulfonamides is 1. The molecule has 0 bridgehead atoms. The molecule has 0 atom stereocenters. The van der Waals surface area contributed by atoms with Crippen LogP contribution in [0.5, 0.6) is 0 Å². The summed E-state index contributed by atoms with van der Waals surface area (Å²) in [7, 11) is -3.71. The first kappa shape index (κ1) is 14.4. The molecule has 0 radical (unpaired) electrons. The number of halogens is 1. The van der Waals surface area contributed by atoms with Gasteiger partial charge in [-0.15, -0.1) is 0 Å². The van der Waals surface area contributed by atoms with E-state index in [2.05, 4.69) is 0 Å². The highest BCUT2D eigenvalue weighted by atomic mass is 35.5. The Morgan fingerprint density at radius 3 is 2.71 bits per heavy atom. The van der Waals surface area contributed by atoms with E-state index in [0.29, 0.717) is 11.4 Å². The Bertz CT molecular complexity index is 740. The van der Waals surface area contributed by atoms with E-state index in [1.807, 2.05) is 0 Å². The van der Waals surface area contributed by atoms with Crippen LogP contribution in [-0.2, 0) is 16.6 Å². The maximum absolute atomic E-state index is 12.9. The first-order valence-electron chi connectivity index (χ1n) is 6.58. The summed E-state index contributed by atoms with van der Waals surface area (Å²) in [5.74, 6) is 0.602. The average molecular weight is 327 g/mol. The van der Waals surface area contributed by atoms with Gasteiger partial charge in [-0.3, -0.25) is 0 Å². The Labute approximate surface area is 128 Å². The zero-order chi connectivity index (χ0) is 15.0. The first-order valence-corrected chi connectivity index (χ1v) is 8.39. The Kier molecular flexibility index (Phi) is 3.69. The highest BCUT2D eigenvalue weighted by Gasteiger charge is 2.39. The maximum atomic E-state index is 12.9. The number of hydrogen-bond acceptors (Lipinski definition) is 4. The summed E-state index contributed by atoms with van der Waals surface area (Å²) in [6.45, 7) is 0.200. The van der Waals surface area contributed by atoms with E-state index >= 15 is 0 Å². The van der Waals surface area contributed by atoms with Crippen LogP contribution in [0.3, 0.4) is 0 Å². The van der Waals surface area contributed by atoms with Gasteiger partial charge in [0.25, 0.3) is 0 Å². The van der Waals surface area contributed by atoms with Crippen molar-refractivity contribution in [1.29, 1.82) is 0 Å². The third-order valence-corrected chi connectivity index (χ3v) is 5.77. The van der Waals surface area contributed by atoms with Gasteiger partial charge in [0.05, 0.1) is 17.8 Å². The van der Waals surface area contributed by atoms with E-state index in [0.717, 1.165) is 12.8 Å². The Balaban J connectivity index is 1.99. The van der Waals surface area contributed by atoms with Crippen LogP contribution in [-0.4, -0.2) is 18.8 Å². The quantitative estimate of drug-likeness (QED) is 0.857. The predicted molar refractivity (Wildman–Crippen MR) is 80.3 cm³/mol. The topological polar surface area (TPSA) is 76.5 Å². The number of anilines is 1. The van der Waals surface area contributed by atoms with Gasteiger partial charge in [0.15, 0.2) is 0 Å². The minimum Gasteiger partial charge on any atom is -0.468 e. The zero-order valence-corrected chi connectivity index (χ0v) is 12.8. The lowest BCUT2D eigenvalue weighted by Gasteiger charge is -2.21. The molecule has 0 spiro atoms. The van der Waals surface area contributed by atoms with E-state index in [1.54, 1.807) is 18.2 Å². The fourth-order valence-corrected chi connectivity index (χ4v) is 4.34. The molecule has 1 heterocycles. The van der Waals surface area contributed by atoms with Crippen molar-refractivity contribution in [3.05, 3.63) is 47.4 Å². The highest BCUT2D eigenvalue weighted by molar-refractivity contribution is 7.89. The number of nitrogens with two attached hydrogens (primary N) is 1. The molecule has 0 unspecified atom stereocenters. The molecule has 21 heavy (non-hydrogen) atoms. The second-order valence-electron chi connectivity index (χ2n) is 5.05. The summed E-state index contributed by atoms with van der Waals surface area (Å²) in [5.41, 5.74) is 6.06. The summed E-state index contributed by atoms with van der Waals surface area (Å²) >= 11 is 6.05. The largest absolute Gasteiger partial charge is 0.468 e. The molecule has 0 saturated heterocycles. The van der Waals surface area contributed by atoms with E-state index in [9.17, 15) is 8.42 Å². The predicted octanol–water partition coefficient (Wildman–Crippen LogP) is 2.87. The van der Waals surface area contributed by atoms with Crippen molar-refractivity contribution < 1.29 is 12.8 Å². The van der Waals surface area contributed by atoms with Crippen molar-refractivity contribution in [1.82, 2.24) is 4.31 Å². The van der Waals surface area contributed by atoms with E-state index in [1.165, 1.54) is 22.7 Å². The standard InChI is InChI=1S/C14H15ClN2O3S/c15-13-6-3-10(16)8-14(13)21(18,19)17(11-4-5-11)9-12-2-1-7-20-12/h1-3,6-8,11H,4-5,9,16H2. The van der Waals surface area contributed by atoms with Crippen molar-refractivity contribution in [3.63, 3.8) is 0 Å². The molecule has 1 saturated carbocycles. The zero-order valence-electron chi connectivity index (χ0n) is 11.2. The molecule has 112 valence electrons. The van der Waals surface area contributed by atoms with Crippen LogP contribution >= 0.6 is 11.6 Å². The van der Waals surface area contributed by atoms with Gasteiger partial charge >= 0.3 is 0 Å². The van der Waals surface area contributed by atoms with E-state index in [-0.39, 0.29) is 22.5 Å². The summed E-state index contributed by atoms with van der Waals surface area (Å²) in [4.78, 5) is 0.0441. The van der Waals surface area contributed by atoms with Crippen molar-refractivity contribution in [2.45, 2.75) is 30.3 Å². The lowest BCUT2D eigenvalue weighted by Crippen LogP contribution is -2.32. The van der Waals surface area contributed by atoms with Gasteiger partial charge in [-0.25, -0.2) is 8.42 Å². The molecule has 3 rings (SSSR count). The summed E-state index contributed by atoms with van der Waals surface area (Å²) < 4.78 is 32.4. The molecule has 0 aliphatic heterocycles. The van der Waals surface area contributed by atoms with Gasteiger partial charge in [-0.1, -0.05) is 11.6 Å². The second-order valence-corrected chi connectivity index (χ2v) is 7.32. The summed E-state index contributed by atoms with van der Waals surface area (Å²) in [6.07, 6.45) is 3.22. The fraction of sp³-hybridized carbons (Fsp3) is 0.286. The van der Waals surface area contributed by atoms with Crippen LogP contribution in [0.15, 0.2) is 45.9 Å². The molecular weight excluding hydrogens is 312 g/mol. The number of rotatable bonds is 5. The Hall–Kier alpha value is -1.50. The molecule has 1 aliphatic carbocycles. The van der Waals surface area contributed by atoms with Crippen LogP contribution < -0.4 is 5.73 Å². The molecule has 1 aliphatic rings. The SMILES string of the molecule is Nc1ccc(Cl)c(S(=O)(=O)N(Cc2ccco2)C2CC2)c1. The van der Waals surface area contributed by atoms with E-state index in [4.69, 9.17) is 21.8 Å². The fourth-order valence-electron chi connectivity index (χ4n) is 2.17. The number of benzene rings is 1. The molecule has 0 amide bonds. The molecule has 2 N–H and O–H groups in total. The third kappa shape index (κ3) is 2.92. The minimum atomic E-state index is -3.71. The summed E-state index contributed by atoms with van der Waals surface area (Å²) in [5, 5.41) is 0.175. The monoisotopic (exact) mass is 326 g/mol. The van der Waals surface area contributed by atoms with Gasteiger partial charge in [0, 0.05) is 11.7 Å². The number of nitrogens with zero attached hydrogens (tertiary/aromatic N) is 1. The average Bonchev–Trinajstić information content (AvgIpc) is 3.14. The minimum absolute atomic E-state index is 0.00222. The van der Waals surface area contributed by atoms with Crippen molar-refractivity contribution in [2.75, 3.05) is 5.73 Å². The normalized spacial score (nSPS) is 15.5. The van der Waals surface area contributed by atoms with Gasteiger partial charge in [0.1, 0.15) is 10.7 Å². The Morgan fingerprint density at radius 1 is 1.33 bits per heavy atom. The van der Waals surface area contributed by atoms with Gasteiger partial charge in [-0.2, -0.15) is 4.31 Å². The molecule has 7 heteroatoms. The maximum Gasteiger partial charge on any atom is 0.245 e. The van der Waals surface area contributed by atoms with Crippen LogP contribution in [0.2, 0.25) is 5.02 Å².